The molecule has 0 saturated carbocycles. The van der Waals surface area contributed by atoms with Crippen LogP contribution in [-0.4, -0.2) is 14.7 Å². The number of hydrogen-bond donors (Lipinski definition) is 0. The fourth-order valence-electron chi connectivity index (χ4n) is 0.997. The SMILES string of the molecule is CS(=O)(=O)Cc1cc(Cl)cc(Cl)c1. The van der Waals surface area contributed by atoms with Crippen molar-refractivity contribution in [1.82, 2.24) is 0 Å². The molecule has 0 aliphatic heterocycles. The topological polar surface area (TPSA) is 34.1 Å². The van der Waals surface area contributed by atoms with Crippen molar-refractivity contribution in [2.75, 3.05) is 6.26 Å². The van der Waals surface area contributed by atoms with E-state index in [0.717, 1.165) is 0 Å². The van der Waals surface area contributed by atoms with Gasteiger partial charge >= 0.3 is 0 Å². The molecular weight excluding hydrogens is 231 g/mol. The lowest BCUT2D eigenvalue weighted by Crippen LogP contribution is -2.00. The van der Waals surface area contributed by atoms with Crippen molar-refractivity contribution in [1.29, 1.82) is 0 Å². The molecular formula is C8H8Cl2O2S. The van der Waals surface area contributed by atoms with Crippen LogP contribution in [0.2, 0.25) is 10.0 Å². The minimum atomic E-state index is -3.03. The highest BCUT2D eigenvalue weighted by Crippen LogP contribution is 2.20. The summed E-state index contributed by atoms with van der Waals surface area (Å²) in [6.45, 7) is 0. The summed E-state index contributed by atoms with van der Waals surface area (Å²) < 4.78 is 21.9. The first-order valence-corrected chi connectivity index (χ1v) is 6.31. The van der Waals surface area contributed by atoms with Gasteiger partial charge in [0.1, 0.15) is 0 Å². The molecule has 1 aromatic carbocycles. The fourth-order valence-corrected chi connectivity index (χ4v) is 2.34. The fraction of sp³-hybridized carbons (Fsp3) is 0.250. The zero-order chi connectivity index (χ0) is 10.1. The molecule has 0 aromatic heterocycles. The van der Waals surface area contributed by atoms with Crippen LogP contribution in [0.3, 0.4) is 0 Å². The molecule has 1 rings (SSSR count). The third-order valence-electron chi connectivity index (χ3n) is 1.35. The van der Waals surface area contributed by atoms with E-state index in [-0.39, 0.29) is 5.75 Å². The van der Waals surface area contributed by atoms with Crippen molar-refractivity contribution >= 4 is 33.0 Å². The molecule has 0 aliphatic rings. The van der Waals surface area contributed by atoms with Crippen molar-refractivity contribution in [3.63, 3.8) is 0 Å². The third-order valence-corrected chi connectivity index (χ3v) is 2.65. The lowest BCUT2D eigenvalue weighted by molar-refractivity contribution is 0.601. The van der Waals surface area contributed by atoms with Crippen LogP contribution in [0.25, 0.3) is 0 Å². The van der Waals surface area contributed by atoms with Crippen LogP contribution < -0.4 is 0 Å². The smallest absolute Gasteiger partial charge is 0.151 e. The number of benzene rings is 1. The number of sulfone groups is 1. The molecule has 0 unspecified atom stereocenters. The quantitative estimate of drug-likeness (QED) is 0.794. The van der Waals surface area contributed by atoms with Gasteiger partial charge in [-0.05, 0) is 23.8 Å². The van der Waals surface area contributed by atoms with Crippen molar-refractivity contribution in [3.05, 3.63) is 33.8 Å². The molecule has 0 atom stereocenters. The zero-order valence-corrected chi connectivity index (χ0v) is 9.25. The highest BCUT2D eigenvalue weighted by molar-refractivity contribution is 7.89. The van der Waals surface area contributed by atoms with Crippen molar-refractivity contribution in [2.24, 2.45) is 0 Å². The molecule has 72 valence electrons. The molecule has 2 nitrogen and oxygen atoms in total. The Labute approximate surface area is 87.4 Å². The predicted octanol–water partition coefficient (Wildman–Crippen LogP) is 2.54. The second-order valence-electron chi connectivity index (χ2n) is 2.85. The first kappa shape index (κ1) is 10.8. The molecule has 0 saturated heterocycles. The summed E-state index contributed by atoms with van der Waals surface area (Å²) in [6.07, 6.45) is 1.17. The van der Waals surface area contributed by atoms with Crippen LogP contribution >= 0.6 is 23.2 Å². The largest absolute Gasteiger partial charge is 0.229 e. The summed E-state index contributed by atoms with van der Waals surface area (Å²) in [7, 11) is -3.03. The van der Waals surface area contributed by atoms with E-state index < -0.39 is 9.84 Å². The van der Waals surface area contributed by atoms with Crippen LogP contribution in [0.15, 0.2) is 18.2 Å². The zero-order valence-electron chi connectivity index (χ0n) is 6.92. The summed E-state index contributed by atoms with van der Waals surface area (Å²) in [5.41, 5.74) is 0.611. The van der Waals surface area contributed by atoms with Gasteiger partial charge in [0.15, 0.2) is 9.84 Å². The van der Waals surface area contributed by atoms with Crippen molar-refractivity contribution < 1.29 is 8.42 Å². The normalized spacial score (nSPS) is 11.6. The van der Waals surface area contributed by atoms with E-state index in [9.17, 15) is 8.42 Å². The van der Waals surface area contributed by atoms with Crippen LogP contribution in [0.4, 0.5) is 0 Å². The summed E-state index contributed by atoms with van der Waals surface area (Å²) in [4.78, 5) is 0. The van der Waals surface area contributed by atoms with Crippen LogP contribution in [0.5, 0.6) is 0 Å². The van der Waals surface area contributed by atoms with Gasteiger partial charge in [-0.1, -0.05) is 23.2 Å². The summed E-state index contributed by atoms with van der Waals surface area (Å²) in [6, 6.07) is 4.75. The lowest BCUT2D eigenvalue weighted by atomic mass is 10.2. The molecule has 0 fully saturated rings. The second kappa shape index (κ2) is 3.86. The van der Waals surface area contributed by atoms with Gasteiger partial charge in [-0.2, -0.15) is 0 Å². The summed E-state index contributed by atoms with van der Waals surface area (Å²) in [5.74, 6) is -0.0344. The molecule has 5 heteroatoms. The molecule has 0 N–H and O–H groups in total. The summed E-state index contributed by atoms with van der Waals surface area (Å²) >= 11 is 11.4. The van der Waals surface area contributed by atoms with E-state index in [2.05, 4.69) is 0 Å². The van der Waals surface area contributed by atoms with Gasteiger partial charge in [0, 0.05) is 16.3 Å². The van der Waals surface area contributed by atoms with Gasteiger partial charge in [0.2, 0.25) is 0 Å². The standard InChI is InChI=1S/C8H8Cl2O2S/c1-13(11,12)5-6-2-7(9)4-8(10)3-6/h2-4H,5H2,1H3. The first-order chi connectivity index (χ1) is 5.87. The Morgan fingerprint density at radius 3 is 2.00 bits per heavy atom. The Morgan fingerprint density at radius 1 is 1.15 bits per heavy atom. The van der Waals surface area contributed by atoms with Crippen molar-refractivity contribution in [3.8, 4) is 0 Å². The van der Waals surface area contributed by atoms with E-state index in [4.69, 9.17) is 23.2 Å². The average Bonchev–Trinajstić information content (AvgIpc) is 1.78. The Morgan fingerprint density at radius 2 is 1.62 bits per heavy atom. The van der Waals surface area contributed by atoms with E-state index >= 15 is 0 Å². The molecule has 1 aromatic rings. The molecule has 0 amide bonds. The van der Waals surface area contributed by atoms with Gasteiger partial charge < -0.3 is 0 Å². The number of rotatable bonds is 2. The maximum absolute atomic E-state index is 10.9. The Balaban J connectivity index is 3.03. The highest BCUT2D eigenvalue weighted by Gasteiger charge is 2.05. The first-order valence-electron chi connectivity index (χ1n) is 3.49. The predicted molar refractivity (Wildman–Crippen MR) is 55.0 cm³/mol. The van der Waals surface area contributed by atoms with Gasteiger partial charge in [0.25, 0.3) is 0 Å². The van der Waals surface area contributed by atoms with Gasteiger partial charge in [-0.3, -0.25) is 0 Å². The molecule has 0 heterocycles. The minimum Gasteiger partial charge on any atom is -0.229 e. The van der Waals surface area contributed by atoms with Gasteiger partial charge in [0.05, 0.1) is 5.75 Å². The van der Waals surface area contributed by atoms with Crippen LogP contribution in [0.1, 0.15) is 5.56 Å². The van der Waals surface area contributed by atoms with E-state index in [0.29, 0.717) is 15.6 Å². The van der Waals surface area contributed by atoms with Gasteiger partial charge in [-0.15, -0.1) is 0 Å². The Hall–Kier alpha value is -0.250. The number of halogens is 2. The average molecular weight is 239 g/mol. The molecule has 0 aliphatic carbocycles. The number of hydrogen-bond acceptors (Lipinski definition) is 2. The Bertz CT molecular complexity index is 392. The molecule has 13 heavy (non-hydrogen) atoms. The molecule has 0 radical (unpaired) electrons. The second-order valence-corrected chi connectivity index (χ2v) is 5.86. The minimum absolute atomic E-state index is 0.0344. The third kappa shape index (κ3) is 3.98. The molecule has 0 bridgehead atoms. The van der Waals surface area contributed by atoms with Crippen molar-refractivity contribution in [2.45, 2.75) is 5.75 Å². The lowest BCUT2D eigenvalue weighted by Gasteiger charge is -2.00. The van der Waals surface area contributed by atoms with E-state index in [1.807, 2.05) is 0 Å². The van der Waals surface area contributed by atoms with Crippen LogP contribution in [0, 0.1) is 0 Å². The van der Waals surface area contributed by atoms with E-state index in [1.54, 1.807) is 18.2 Å². The maximum atomic E-state index is 10.9. The summed E-state index contributed by atoms with van der Waals surface area (Å²) in [5, 5.41) is 0.900. The maximum Gasteiger partial charge on any atom is 0.151 e. The monoisotopic (exact) mass is 238 g/mol. The van der Waals surface area contributed by atoms with E-state index in [1.165, 1.54) is 6.26 Å². The highest BCUT2D eigenvalue weighted by atomic mass is 35.5. The van der Waals surface area contributed by atoms with Crippen LogP contribution in [-0.2, 0) is 15.6 Å². The van der Waals surface area contributed by atoms with Gasteiger partial charge in [-0.25, -0.2) is 8.42 Å². The Kier molecular flexibility index (Phi) is 3.22. The molecule has 0 spiro atoms.